The normalized spacial score (nSPS) is 11.1. The van der Waals surface area contributed by atoms with Crippen molar-refractivity contribution in [2.75, 3.05) is 0 Å². The minimum absolute atomic E-state index is 0.126. The SMILES string of the molecule is Cc1[nH]c2c(C)c(C)c(C)c(C)c2c(=O)c1-c1ccccc1. The zero-order valence-electron chi connectivity index (χ0n) is 13.8. The van der Waals surface area contributed by atoms with Crippen molar-refractivity contribution in [2.24, 2.45) is 0 Å². The summed E-state index contributed by atoms with van der Waals surface area (Å²) in [6.07, 6.45) is 0. The largest absolute Gasteiger partial charge is 0.358 e. The maximum Gasteiger partial charge on any atom is 0.197 e. The van der Waals surface area contributed by atoms with Crippen molar-refractivity contribution in [3.63, 3.8) is 0 Å². The number of hydrogen-bond donors (Lipinski definition) is 1. The van der Waals surface area contributed by atoms with E-state index >= 15 is 0 Å². The molecule has 1 N–H and O–H groups in total. The Kier molecular flexibility index (Phi) is 3.40. The lowest BCUT2D eigenvalue weighted by Gasteiger charge is -2.16. The fraction of sp³-hybridized carbons (Fsp3) is 0.250. The minimum Gasteiger partial charge on any atom is -0.358 e. The third-order valence-corrected chi connectivity index (χ3v) is 4.89. The summed E-state index contributed by atoms with van der Waals surface area (Å²) >= 11 is 0. The van der Waals surface area contributed by atoms with Gasteiger partial charge in [0.25, 0.3) is 0 Å². The second kappa shape index (κ2) is 5.13. The summed E-state index contributed by atoms with van der Waals surface area (Å²) in [5, 5.41) is 0.824. The number of H-pyrrole nitrogens is 1. The van der Waals surface area contributed by atoms with Gasteiger partial charge in [0.05, 0.1) is 5.52 Å². The van der Waals surface area contributed by atoms with E-state index in [0.717, 1.165) is 38.9 Å². The topological polar surface area (TPSA) is 32.9 Å². The van der Waals surface area contributed by atoms with Crippen molar-refractivity contribution in [1.29, 1.82) is 0 Å². The van der Waals surface area contributed by atoms with Crippen LogP contribution in [0.2, 0.25) is 0 Å². The molecule has 1 aromatic heterocycles. The Morgan fingerprint density at radius 1 is 0.773 bits per heavy atom. The number of hydrogen-bond acceptors (Lipinski definition) is 1. The van der Waals surface area contributed by atoms with Crippen molar-refractivity contribution in [1.82, 2.24) is 4.98 Å². The summed E-state index contributed by atoms with van der Waals surface area (Å²) in [6, 6.07) is 9.89. The first kappa shape index (κ1) is 14.6. The first-order chi connectivity index (χ1) is 10.4. The smallest absolute Gasteiger partial charge is 0.197 e. The van der Waals surface area contributed by atoms with Gasteiger partial charge in [-0.3, -0.25) is 4.79 Å². The van der Waals surface area contributed by atoms with Gasteiger partial charge in [-0.05, 0) is 62.4 Å². The van der Waals surface area contributed by atoms with Gasteiger partial charge >= 0.3 is 0 Å². The average Bonchev–Trinajstić information content (AvgIpc) is 2.51. The Morgan fingerprint density at radius 3 is 2.00 bits per heavy atom. The van der Waals surface area contributed by atoms with Gasteiger partial charge in [-0.25, -0.2) is 0 Å². The molecular weight excluding hydrogens is 270 g/mol. The Labute approximate surface area is 130 Å². The molecule has 0 bridgehead atoms. The first-order valence-electron chi connectivity index (χ1n) is 7.61. The van der Waals surface area contributed by atoms with Crippen LogP contribution >= 0.6 is 0 Å². The van der Waals surface area contributed by atoms with Gasteiger partial charge in [0.15, 0.2) is 5.43 Å². The summed E-state index contributed by atoms with van der Waals surface area (Å²) < 4.78 is 0. The molecule has 22 heavy (non-hydrogen) atoms. The molecule has 0 aliphatic heterocycles. The van der Waals surface area contributed by atoms with E-state index in [9.17, 15) is 4.79 Å². The number of aromatic amines is 1. The van der Waals surface area contributed by atoms with Crippen molar-refractivity contribution in [2.45, 2.75) is 34.6 Å². The van der Waals surface area contributed by atoms with Crippen molar-refractivity contribution >= 4 is 10.9 Å². The van der Waals surface area contributed by atoms with Crippen LogP contribution in [-0.4, -0.2) is 4.98 Å². The number of aromatic nitrogens is 1. The van der Waals surface area contributed by atoms with Gasteiger partial charge in [0.1, 0.15) is 0 Å². The van der Waals surface area contributed by atoms with Crippen LogP contribution in [0, 0.1) is 34.6 Å². The van der Waals surface area contributed by atoms with E-state index in [1.54, 1.807) is 0 Å². The summed E-state index contributed by atoms with van der Waals surface area (Å²) in [5.74, 6) is 0. The van der Waals surface area contributed by atoms with Crippen LogP contribution in [0.3, 0.4) is 0 Å². The van der Waals surface area contributed by atoms with Crippen molar-refractivity contribution < 1.29 is 0 Å². The van der Waals surface area contributed by atoms with Gasteiger partial charge in [0.2, 0.25) is 0 Å². The van der Waals surface area contributed by atoms with Crippen LogP contribution in [0.25, 0.3) is 22.0 Å². The van der Waals surface area contributed by atoms with Crippen LogP contribution in [0.5, 0.6) is 0 Å². The number of fused-ring (bicyclic) bond motifs is 1. The molecule has 0 radical (unpaired) electrons. The summed E-state index contributed by atoms with van der Waals surface area (Å²) in [6.45, 7) is 10.3. The molecule has 0 spiro atoms. The molecular formula is C20H21NO. The molecule has 2 nitrogen and oxygen atoms in total. The predicted molar refractivity (Wildman–Crippen MR) is 93.7 cm³/mol. The van der Waals surface area contributed by atoms with Crippen LogP contribution in [0.15, 0.2) is 35.1 Å². The Morgan fingerprint density at radius 2 is 1.36 bits per heavy atom. The molecule has 0 saturated carbocycles. The first-order valence-corrected chi connectivity index (χ1v) is 7.61. The molecule has 0 aliphatic rings. The van der Waals surface area contributed by atoms with E-state index < -0.39 is 0 Å². The van der Waals surface area contributed by atoms with Crippen LogP contribution in [0.4, 0.5) is 0 Å². The van der Waals surface area contributed by atoms with Crippen molar-refractivity contribution in [3.8, 4) is 11.1 Å². The quantitative estimate of drug-likeness (QED) is 0.690. The molecule has 0 saturated heterocycles. The van der Waals surface area contributed by atoms with Crippen LogP contribution in [0.1, 0.15) is 27.9 Å². The second-order valence-electron chi connectivity index (χ2n) is 6.07. The van der Waals surface area contributed by atoms with Gasteiger partial charge in [-0.1, -0.05) is 30.3 Å². The molecule has 0 aliphatic carbocycles. The number of rotatable bonds is 1. The highest BCUT2D eigenvalue weighted by molar-refractivity contribution is 5.91. The number of nitrogens with one attached hydrogen (secondary N) is 1. The molecule has 3 rings (SSSR count). The fourth-order valence-electron chi connectivity index (χ4n) is 3.25. The molecule has 0 unspecified atom stereocenters. The fourth-order valence-corrected chi connectivity index (χ4v) is 3.25. The van der Waals surface area contributed by atoms with Crippen LogP contribution < -0.4 is 5.43 Å². The van der Waals surface area contributed by atoms with Gasteiger partial charge < -0.3 is 4.98 Å². The van der Waals surface area contributed by atoms with Gasteiger partial charge in [0, 0.05) is 16.6 Å². The highest BCUT2D eigenvalue weighted by atomic mass is 16.1. The lowest BCUT2D eigenvalue weighted by molar-refractivity contribution is 1.18. The van der Waals surface area contributed by atoms with Gasteiger partial charge in [-0.2, -0.15) is 0 Å². The Hall–Kier alpha value is -2.35. The van der Waals surface area contributed by atoms with Crippen LogP contribution in [-0.2, 0) is 0 Å². The third-order valence-electron chi connectivity index (χ3n) is 4.89. The van der Waals surface area contributed by atoms with E-state index in [2.05, 4.69) is 25.8 Å². The average molecular weight is 291 g/mol. The van der Waals surface area contributed by atoms with E-state index in [-0.39, 0.29) is 5.43 Å². The molecule has 1 heterocycles. The monoisotopic (exact) mass is 291 g/mol. The molecule has 112 valence electrons. The highest BCUT2D eigenvalue weighted by Gasteiger charge is 2.17. The van der Waals surface area contributed by atoms with E-state index in [1.807, 2.05) is 44.2 Å². The Bertz CT molecular complexity index is 934. The summed E-state index contributed by atoms with van der Waals surface area (Å²) in [5.41, 5.74) is 8.48. The standard InChI is InChI=1S/C20H21NO/c1-11-12(2)14(4)19-17(13(11)3)20(22)18(15(5)21-19)16-9-7-6-8-10-16/h6-10H,1-5H3,(H,21,22). The lowest BCUT2D eigenvalue weighted by Crippen LogP contribution is -2.13. The second-order valence-corrected chi connectivity index (χ2v) is 6.07. The maximum absolute atomic E-state index is 13.2. The predicted octanol–water partition coefficient (Wildman–Crippen LogP) is 4.74. The minimum atomic E-state index is 0.126. The maximum atomic E-state index is 13.2. The molecule has 2 heteroatoms. The highest BCUT2D eigenvalue weighted by Crippen LogP contribution is 2.29. The molecule has 0 fully saturated rings. The molecule has 0 atom stereocenters. The molecule has 0 amide bonds. The van der Waals surface area contributed by atoms with E-state index in [1.165, 1.54) is 11.1 Å². The zero-order valence-corrected chi connectivity index (χ0v) is 13.8. The van der Waals surface area contributed by atoms with E-state index in [0.29, 0.717) is 0 Å². The number of benzene rings is 2. The zero-order chi connectivity index (χ0) is 16.0. The van der Waals surface area contributed by atoms with Crippen molar-refractivity contribution in [3.05, 3.63) is 68.5 Å². The summed E-state index contributed by atoms with van der Waals surface area (Å²) in [7, 11) is 0. The lowest BCUT2D eigenvalue weighted by atomic mass is 9.92. The third kappa shape index (κ3) is 1.98. The molecule has 2 aromatic carbocycles. The van der Waals surface area contributed by atoms with Gasteiger partial charge in [-0.15, -0.1) is 0 Å². The number of pyridine rings is 1. The Balaban J connectivity index is 2.52. The van der Waals surface area contributed by atoms with E-state index in [4.69, 9.17) is 0 Å². The molecule has 3 aromatic rings. The summed E-state index contributed by atoms with van der Waals surface area (Å²) in [4.78, 5) is 16.6. The number of aryl methyl sites for hydroxylation is 3.